The standard InChI is InChI=1S/C16H13F4NO4S/c1-26(24,25)21(14-5-3-2-4-12(14)16(18,19)20)9-11-7-6-10(15(22)23)8-13(11)17/h2-8H,9H2,1H3,(H,22,23). The summed E-state index contributed by atoms with van der Waals surface area (Å²) in [6, 6.07) is 6.75. The second kappa shape index (κ2) is 6.94. The van der Waals surface area contributed by atoms with Crippen molar-refractivity contribution in [2.75, 3.05) is 10.6 Å². The summed E-state index contributed by atoms with van der Waals surface area (Å²) >= 11 is 0. The highest BCUT2D eigenvalue weighted by Crippen LogP contribution is 2.37. The van der Waals surface area contributed by atoms with E-state index in [4.69, 9.17) is 5.11 Å². The summed E-state index contributed by atoms with van der Waals surface area (Å²) in [5.74, 6) is -2.43. The van der Waals surface area contributed by atoms with Crippen molar-refractivity contribution in [1.29, 1.82) is 0 Å². The van der Waals surface area contributed by atoms with Gasteiger partial charge >= 0.3 is 12.1 Å². The minimum atomic E-state index is -4.81. The maximum Gasteiger partial charge on any atom is 0.418 e. The Bertz CT molecular complexity index is 942. The van der Waals surface area contributed by atoms with Crippen LogP contribution in [0.1, 0.15) is 21.5 Å². The van der Waals surface area contributed by atoms with Gasteiger partial charge in [-0.3, -0.25) is 4.31 Å². The third-order valence-electron chi connectivity index (χ3n) is 3.49. The van der Waals surface area contributed by atoms with Crippen LogP contribution in [-0.2, 0) is 22.7 Å². The summed E-state index contributed by atoms with van der Waals surface area (Å²) in [5.41, 5.74) is -2.47. The van der Waals surface area contributed by atoms with Crippen molar-refractivity contribution in [1.82, 2.24) is 0 Å². The molecule has 1 N–H and O–H groups in total. The maximum atomic E-state index is 14.1. The Labute approximate surface area is 146 Å². The van der Waals surface area contributed by atoms with Crippen LogP contribution in [-0.4, -0.2) is 25.7 Å². The van der Waals surface area contributed by atoms with Gasteiger partial charge < -0.3 is 5.11 Å². The molecule has 140 valence electrons. The number of carbonyl (C=O) groups is 1. The van der Waals surface area contributed by atoms with E-state index in [1.165, 1.54) is 6.07 Å². The minimum Gasteiger partial charge on any atom is -0.478 e. The molecule has 0 spiro atoms. The first-order valence-corrected chi connectivity index (χ1v) is 8.91. The lowest BCUT2D eigenvalue weighted by Crippen LogP contribution is -2.31. The van der Waals surface area contributed by atoms with Crippen molar-refractivity contribution >= 4 is 21.7 Å². The van der Waals surface area contributed by atoms with Crippen molar-refractivity contribution in [3.8, 4) is 0 Å². The molecule has 10 heteroatoms. The maximum absolute atomic E-state index is 14.1. The average Bonchev–Trinajstić information content (AvgIpc) is 2.51. The second-order valence-corrected chi connectivity index (χ2v) is 7.30. The fourth-order valence-corrected chi connectivity index (χ4v) is 3.17. The molecule has 0 unspecified atom stereocenters. The summed E-state index contributed by atoms with van der Waals surface area (Å²) in [5, 5.41) is 8.82. The number of para-hydroxylation sites is 1. The van der Waals surface area contributed by atoms with E-state index in [9.17, 15) is 30.8 Å². The van der Waals surface area contributed by atoms with E-state index in [0.717, 1.165) is 30.3 Å². The number of rotatable bonds is 5. The lowest BCUT2D eigenvalue weighted by atomic mass is 10.1. The summed E-state index contributed by atoms with van der Waals surface area (Å²) in [6.07, 6.45) is -4.12. The third-order valence-corrected chi connectivity index (χ3v) is 4.62. The van der Waals surface area contributed by atoms with E-state index in [2.05, 4.69) is 0 Å². The summed E-state index contributed by atoms with van der Waals surface area (Å²) in [7, 11) is -4.19. The lowest BCUT2D eigenvalue weighted by molar-refractivity contribution is -0.137. The molecule has 0 radical (unpaired) electrons. The molecule has 0 saturated heterocycles. The van der Waals surface area contributed by atoms with Crippen molar-refractivity contribution < 1.29 is 35.9 Å². The number of nitrogens with zero attached hydrogens (tertiary/aromatic N) is 1. The Hall–Kier alpha value is -2.62. The van der Waals surface area contributed by atoms with E-state index >= 15 is 0 Å². The number of anilines is 1. The van der Waals surface area contributed by atoms with Gasteiger partial charge in [0.15, 0.2) is 0 Å². The highest BCUT2D eigenvalue weighted by Gasteiger charge is 2.36. The number of benzene rings is 2. The molecule has 0 fully saturated rings. The zero-order valence-corrected chi connectivity index (χ0v) is 14.1. The molecular weight excluding hydrogens is 378 g/mol. The molecular formula is C16H13F4NO4S. The molecule has 0 aliphatic carbocycles. The first-order chi connectivity index (χ1) is 11.9. The van der Waals surface area contributed by atoms with E-state index in [1.807, 2.05) is 0 Å². The predicted octanol–water partition coefficient (Wildman–Crippen LogP) is 3.51. The van der Waals surface area contributed by atoms with Crippen LogP contribution >= 0.6 is 0 Å². The smallest absolute Gasteiger partial charge is 0.418 e. The van der Waals surface area contributed by atoms with Gasteiger partial charge in [-0.25, -0.2) is 17.6 Å². The van der Waals surface area contributed by atoms with E-state index < -0.39 is 45.8 Å². The number of sulfonamides is 1. The highest BCUT2D eigenvalue weighted by atomic mass is 32.2. The molecule has 0 heterocycles. The van der Waals surface area contributed by atoms with Crippen LogP contribution in [0.4, 0.5) is 23.2 Å². The second-order valence-electron chi connectivity index (χ2n) is 5.40. The molecule has 0 bridgehead atoms. The molecule has 0 atom stereocenters. The number of carboxylic acid groups (broad SMARTS) is 1. The van der Waals surface area contributed by atoms with Crippen LogP contribution in [0.2, 0.25) is 0 Å². The van der Waals surface area contributed by atoms with Crippen LogP contribution in [0.15, 0.2) is 42.5 Å². The molecule has 2 aromatic rings. The fourth-order valence-electron chi connectivity index (χ4n) is 2.28. The number of hydrogen-bond donors (Lipinski definition) is 1. The van der Waals surface area contributed by atoms with Gasteiger partial charge in [-0.2, -0.15) is 13.2 Å². The van der Waals surface area contributed by atoms with Crippen molar-refractivity contribution in [2.24, 2.45) is 0 Å². The molecule has 2 rings (SSSR count). The van der Waals surface area contributed by atoms with Gasteiger partial charge in [0, 0.05) is 5.56 Å². The number of hydrogen-bond acceptors (Lipinski definition) is 3. The zero-order chi connectivity index (χ0) is 19.7. The number of alkyl halides is 3. The van der Waals surface area contributed by atoms with E-state index in [-0.39, 0.29) is 11.1 Å². The number of halogens is 4. The largest absolute Gasteiger partial charge is 0.478 e. The fraction of sp³-hybridized carbons (Fsp3) is 0.188. The molecule has 0 aliphatic heterocycles. The van der Waals surface area contributed by atoms with Gasteiger partial charge in [-0.05, 0) is 24.3 Å². The lowest BCUT2D eigenvalue weighted by Gasteiger charge is -2.26. The molecule has 0 aromatic heterocycles. The normalized spacial score (nSPS) is 12.0. The molecule has 5 nitrogen and oxygen atoms in total. The Morgan fingerprint density at radius 2 is 1.77 bits per heavy atom. The van der Waals surface area contributed by atoms with Gasteiger partial charge in [0.2, 0.25) is 10.0 Å². The number of aromatic carboxylic acids is 1. The van der Waals surface area contributed by atoms with Crippen molar-refractivity contribution in [3.05, 3.63) is 65.0 Å². The topological polar surface area (TPSA) is 74.7 Å². The summed E-state index contributed by atoms with van der Waals surface area (Å²) < 4.78 is 78.2. The first-order valence-electron chi connectivity index (χ1n) is 7.07. The van der Waals surface area contributed by atoms with Crippen molar-refractivity contribution in [2.45, 2.75) is 12.7 Å². The Kier molecular flexibility index (Phi) is 5.26. The third kappa shape index (κ3) is 4.31. The Morgan fingerprint density at radius 1 is 1.15 bits per heavy atom. The predicted molar refractivity (Wildman–Crippen MR) is 85.8 cm³/mol. The summed E-state index contributed by atoms with van der Waals surface area (Å²) in [6.45, 7) is -0.725. The van der Waals surface area contributed by atoms with E-state index in [0.29, 0.717) is 16.6 Å². The van der Waals surface area contributed by atoms with Crippen LogP contribution < -0.4 is 4.31 Å². The van der Waals surface area contributed by atoms with Gasteiger partial charge in [0.25, 0.3) is 0 Å². The highest BCUT2D eigenvalue weighted by molar-refractivity contribution is 7.92. The monoisotopic (exact) mass is 391 g/mol. The quantitative estimate of drug-likeness (QED) is 0.792. The summed E-state index contributed by atoms with van der Waals surface area (Å²) in [4.78, 5) is 10.8. The van der Waals surface area contributed by atoms with Crippen LogP contribution in [0, 0.1) is 5.82 Å². The number of carboxylic acids is 1. The van der Waals surface area contributed by atoms with Crippen molar-refractivity contribution in [3.63, 3.8) is 0 Å². The van der Waals surface area contributed by atoms with Gasteiger partial charge in [-0.1, -0.05) is 18.2 Å². The molecule has 0 aliphatic rings. The Balaban J connectivity index is 2.55. The van der Waals surface area contributed by atoms with Crippen LogP contribution in [0.25, 0.3) is 0 Å². The van der Waals surface area contributed by atoms with Crippen LogP contribution in [0.3, 0.4) is 0 Å². The minimum absolute atomic E-state index is 0.266. The first kappa shape index (κ1) is 19.7. The molecule has 26 heavy (non-hydrogen) atoms. The van der Waals surface area contributed by atoms with E-state index in [1.54, 1.807) is 0 Å². The zero-order valence-electron chi connectivity index (χ0n) is 13.3. The van der Waals surface area contributed by atoms with Gasteiger partial charge in [-0.15, -0.1) is 0 Å². The van der Waals surface area contributed by atoms with Gasteiger partial charge in [0.05, 0.1) is 29.6 Å². The van der Waals surface area contributed by atoms with Crippen LogP contribution in [0.5, 0.6) is 0 Å². The molecule has 2 aromatic carbocycles. The SMILES string of the molecule is CS(=O)(=O)N(Cc1ccc(C(=O)O)cc1F)c1ccccc1C(F)(F)F. The Morgan fingerprint density at radius 3 is 2.27 bits per heavy atom. The molecule has 0 saturated carbocycles. The average molecular weight is 391 g/mol. The molecule has 0 amide bonds. The van der Waals surface area contributed by atoms with Gasteiger partial charge in [0.1, 0.15) is 5.82 Å².